The summed E-state index contributed by atoms with van der Waals surface area (Å²) in [5, 5.41) is 3.39. The number of carbonyl (C=O) groups is 1. The number of anilines is 2. The molecule has 1 heterocycles. The van der Waals surface area contributed by atoms with Crippen LogP contribution in [0.25, 0.3) is 6.08 Å². The number of aryl methyl sites for hydroxylation is 2. The van der Waals surface area contributed by atoms with Crippen molar-refractivity contribution >= 4 is 39.2 Å². The van der Waals surface area contributed by atoms with Gasteiger partial charge in [0.25, 0.3) is 0 Å². The predicted octanol–water partition coefficient (Wildman–Crippen LogP) is 6.43. The number of carbonyl (C=O) groups excluding carboxylic acids is 1. The number of Topliss-reactive ketones (excluding diaryl/α,β-unsaturated/α-hetero) is 1. The third-order valence-electron chi connectivity index (χ3n) is 4.37. The number of ether oxygens (including phenoxy) is 1. The fraction of sp³-hybridized carbons (Fsp3) is 0.0870. The van der Waals surface area contributed by atoms with Crippen LogP contribution in [0.1, 0.15) is 27.0 Å². The molecule has 0 radical (unpaired) electrons. The highest BCUT2D eigenvalue weighted by Gasteiger charge is 2.27. The van der Waals surface area contributed by atoms with Crippen LogP contribution >= 0.6 is 15.9 Å². The van der Waals surface area contributed by atoms with E-state index in [-0.39, 0.29) is 5.78 Å². The van der Waals surface area contributed by atoms with Gasteiger partial charge in [-0.3, -0.25) is 4.79 Å². The Morgan fingerprint density at radius 1 is 0.926 bits per heavy atom. The van der Waals surface area contributed by atoms with Crippen molar-refractivity contribution in [2.24, 2.45) is 0 Å². The molecule has 0 aliphatic carbocycles. The topological polar surface area (TPSA) is 38.3 Å². The van der Waals surface area contributed by atoms with Crippen LogP contribution in [0.4, 0.5) is 11.4 Å². The summed E-state index contributed by atoms with van der Waals surface area (Å²) < 4.78 is 6.77. The van der Waals surface area contributed by atoms with E-state index in [2.05, 4.69) is 53.3 Å². The van der Waals surface area contributed by atoms with Gasteiger partial charge in [0.2, 0.25) is 5.78 Å². The van der Waals surface area contributed by atoms with Gasteiger partial charge in [0.1, 0.15) is 5.75 Å². The minimum atomic E-state index is -0.0984. The molecular weight excluding hydrogens is 402 g/mol. The molecule has 1 aliphatic rings. The third kappa shape index (κ3) is 3.67. The van der Waals surface area contributed by atoms with E-state index in [0.717, 1.165) is 21.4 Å². The van der Waals surface area contributed by atoms with Crippen molar-refractivity contribution in [1.29, 1.82) is 0 Å². The third-order valence-corrected chi connectivity index (χ3v) is 5.09. The van der Waals surface area contributed by atoms with Gasteiger partial charge in [0.15, 0.2) is 5.76 Å². The van der Waals surface area contributed by atoms with Gasteiger partial charge in [0.05, 0.1) is 5.56 Å². The van der Waals surface area contributed by atoms with Gasteiger partial charge < -0.3 is 10.1 Å². The standard InChI is InChI=1S/C23H18BrNO2/c1-14-9-15(2)11-18(10-14)25-17-7-8-19-21(13-17)27-22(23(19)26)12-16-5-3-4-6-20(16)24/h3-13,25H,1-2H3/b22-12-. The molecule has 134 valence electrons. The minimum absolute atomic E-state index is 0.0984. The number of rotatable bonds is 3. The Labute approximate surface area is 166 Å². The van der Waals surface area contributed by atoms with E-state index in [9.17, 15) is 4.79 Å². The second-order valence-corrected chi connectivity index (χ2v) is 7.53. The van der Waals surface area contributed by atoms with E-state index in [1.165, 1.54) is 11.1 Å². The molecule has 4 heteroatoms. The summed E-state index contributed by atoms with van der Waals surface area (Å²) in [6, 6.07) is 19.6. The molecule has 0 spiro atoms. The normalized spacial score (nSPS) is 14.2. The molecule has 0 bridgehead atoms. The number of allylic oxidation sites excluding steroid dienone is 1. The summed E-state index contributed by atoms with van der Waals surface area (Å²) in [7, 11) is 0. The van der Waals surface area contributed by atoms with Crippen LogP contribution in [0.2, 0.25) is 0 Å². The first-order valence-electron chi connectivity index (χ1n) is 8.68. The minimum Gasteiger partial charge on any atom is -0.452 e. The summed E-state index contributed by atoms with van der Waals surface area (Å²) >= 11 is 3.50. The van der Waals surface area contributed by atoms with Gasteiger partial charge in [-0.1, -0.05) is 40.2 Å². The first-order valence-corrected chi connectivity index (χ1v) is 9.47. The van der Waals surface area contributed by atoms with Crippen LogP contribution in [0, 0.1) is 13.8 Å². The first-order chi connectivity index (χ1) is 13.0. The van der Waals surface area contributed by atoms with Gasteiger partial charge >= 0.3 is 0 Å². The quantitative estimate of drug-likeness (QED) is 0.497. The van der Waals surface area contributed by atoms with Crippen LogP contribution in [0.3, 0.4) is 0 Å². The van der Waals surface area contributed by atoms with Gasteiger partial charge in [-0.15, -0.1) is 0 Å². The molecular formula is C23H18BrNO2. The Morgan fingerprint density at radius 2 is 1.67 bits per heavy atom. The Hall–Kier alpha value is -2.85. The Kier molecular flexibility index (Phi) is 4.58. The van der Waals surface area contributed by atoms with Crippen LogP contribution in [-0.4, -0.2) is 5.78 Å². The summed E-state index contributed by atoms with van der Waals surface area (Å²) in [6.07, 6.45) is 1.77. The lowest BCUT2D eigenvalue weighted by Crippen LogP contribution is -1.98. The maximum atomic E-state index is 12.6. The van der Waals surface area contributed by atoms with Crippen molar-refractivity contribution in [2.75, 3.05) is 5.32 Å². The smallest absolute Gasteiger partial charge is 0.231 e. The number of ketones is 1. The van der Waals surface area contributed by atoms with E-state index in [0.29, 0.717) is 17.1 Å². The van der Waals surface area contributed by atoms with Crippen LogP contribution in [0.15, 0.2) is 70.9 Å². The van der Waals surface area contributed by atoms with Crippen LogP contribution < -0.4 is 10.1 Å². The van der Waals surface area contributed by atoms with Crippen LogP contribution in [-0.2, 0) is 0 Å². The Bertz CT molecular complexity index is 1070. The van der Waals surface area contributed by atoms with E-state index < -0.39 is 0 Å². The van der Waals surface area contributed by atoms with E-state index >= 15 is 0 Å². The molecule has 0 saturated heterocycles. The fourth-order valence-electron chi connectivity index (χ4n) is 3.21. The maximum absolute atomic E-state index is 12.6. The SMILES string of the molecule is Cc1cc(C)cc(Nc2ccc3c(c2)O/C(=C\c2ccccc2Br)C3=O)c1. The molecule has 3 nitrogen and oxygen atoms in total. The molecule has 0 unspecified atom stereocenters. The van der Waals surface area contributed by atoms with Crippen molar-refractivity contribution in [3.05, 3.63) is 93.1 Å². The average Bonchev–Trinajstić information content (AvgIpc) is 2.91. The molecule has 3 aromatic rings. The fourth-order valence-corrected chi connectivity index (χ4v) is 3.61. The second kappa shape index (κ2) is 7.05. The summed E-state index contributed by atoms with van der Waals surface area (Å²) in [5.74, 6) is 0.812. The van der Waals surface area contributed by atoms with Crippen LogP contribution in [0.5, 0.6) is 5.75 Å². The number of halogens is 1. The zero-order chi connectivity index (χ0) is 19.0. The first kappa shape index (κ1) is 17.6. The Balaban J connectivity index is 1.62. The average molecular weight is 420 g/mol. The highest BCUT2D eigenvalue weighted by molar-refractivity contribution is 9.10. The maximum Gasteiger partial charge on any atom is 0.231 e. The summed E-state index contributed by atoms with van der Waals surface area (Å²) in [5.41, 5.74) is 5.78. The van der Waals surface area contributed by atoms with E-state index in [1.807, 2.05) is 42.5 Å². The van der Waals surface area contributed by atoms with Gasteiger partial charge in [-0.2, -0.15) is 0 Å². The lowest BCUT2D eigenvalue weighted by atomic mass is 10.1. The number of hydrogen-bond donors (Lipinski definition) is 1. The monoisotopic (exact) mass is 419 g/mol. The number of fused-ring (bicyclic) bond motifs is 1. The molecule has 0 saturated carbocycles. The van der Waals surface area contributed by atoms with E-state index in [4.69, 9.17) is 4.74 Å². The largest absolute Gasteiger partial charge is 0.452 e. The lowest BCUT2D eigenvalue weighted by Gasteiger charge is -2.09. The number of hydrogen-bond acceptors (Lipinski definition) is 3. The lowest BCUT2D eigenvalue weighted by molar-refractivity contribution is 0.101. The van der Waals surface area contributed by atoms with E-state index in [1.54, 1.807) is 6.08 Å². The van der Waals surface area contributed by atoms with Gasteiger partial charge in [-0.25, -0.2) is 0 Å². The molecule has 1 aliphatic heterocycles. The zero-order valence-electron chi connectivity index (χ0n) is 15.0. The molecule has 0 fully saturated rings. The van der Waals surface area contributed by atoms with Crippen molar-refractivity contribution in [2.45, 2.75) is 13.8 Å². The number of nitrogens with one attached hydrogen (secondary N) is 1. The van der Waals surface area contributed by atoms with Crippen molar-refractivity contribution in [1.82, 2.24) is 0 Å². The molecule has 0 amide bonds. The highest BCUT2D eigenvalue weighted by Crippen LogP contribution is 2.35. The second-order valence-electron chi connectivity index (χ2n) is 6.67. The summed E-state index contributed by atoms with van der Waals surface area (Å²) in [4.78, 5) is 12.6. The van der Waals surface area contributed by atoms with Gasteiger partial charge in [-0.05, 0) is 66.9 Å². The van der Waals surface area contributed by atoms with Crippen molar-refractivity contribution in [3.63, 3.8) is 0 Å². The number of benzene rings is 3. The Morgan fingerprint density at radius 3 is 2.41 bits per heavy atom. The molecule has 0 atom stereocenters. The van der Waals surface area contributed by atoms with Gasteiger partial charge in [0, 0.05) is 21.9 Å². The molecule has 3 aromatic carbocycles. The van der Waals surface area contributed by atoms with Crippen molar-refractivity contribution < 1.29 is 9.53 Å². The molecule has 0 aromatic heterocycles. The predicted molar refractivity (Wildman–Crippen MR) is 113 cm³/mol. The summed E-state index contributed by atoms with van der Waals surface area (Å²) in [6.45, 7) is 4.14. The molecule has 4 rings (SSSR count). The van der Waals surface area contributed by atoms with Crippen molar-refractivity contribution in [3.8, 4) is 5.75 Å². The molecule has 1 N–H and O–H groups in total. The molecule has 27 heavy (non-hydrogen) atoms. The zero-order valence-corrected chi connectivity index (χ0v) is 16.6. The highest BCUT2D eigenvalue weighted by atomic mass is 79.9.